The van der Waals surface area contributed by atoms with Gasteiger partial charge in [0.05, 0.1) is 23.2 Å². The molecule has 0 radical (unpaired) electrons. The highest BCUT2D eigenvalue weighted by molar-refractivity contribution is 6.17. The summed E-state index contributed by atoms with van der Waals surface area (Å²) in [6, 6.07) is 20.8. The van der Waals surface area contributed by atoms with E-state index in [1.54, 1.807) is 21.9 Å². The molecule has 6 heteroatoms. The predicted octanol–water partition coefficient (Wildman–Crippen LogP) is 5.07. The summed E-state index contributed by atoms with van der Waals surface area (Å²) < 4.78 is 6.09. The van der Waals surface area contributed by atoms with Crippen LogP contribution in [0.1, 0.15) is 51.7 Å². The number of aryl methyl sites for hydroxylation is 2. The number of amides is 2. The third-order valence-electron chi connectivity index (χ3n) is 7.26. The number of carbonyl (C=O) groups is 2. The number of hydrogen-bond acceptors (Lipinski definition) is 4. The molecule has 1 spiro atoms. The van der Waals surface area contributed by atoms with Gasteiger partial charge in [-0.15, -0.1) is 0 Å². The number of anilines is 1. The Morgan fingerprint density at radius 3 is 2.44 bits per heavy atom. The third kappa shape index (κ3) is 2.87. The van der Waals surface area contributed by atoms with Crippen molar-refractivity contribution in [3.8, 4) is 0 Å². The average molecular weight is 479 g/mol. The number of rotatable bonds is 4. The molecular weight excluding hydrogens is 452 g/mol. The van der Waals surface area contributed by atoms with Gasteiger partial charge in [0.15, 0.2) is 11.0 Å². The highest BCUT2D eigenvalue weighted by atomic mass is 16.3. The van der Waals surface area contributed by atoms with Gasteiger partial charge in [-0.1, -0.05) is 66.6 Å². The van der Waals surface area contributed by atoms with Gasteiger partial charge in [0.2, 0.25) is 5.76 Å². The summed E-state index contributed by atoms with van der Waals surface area (Å²) in [7, 11) is 0. The normalized spacial score (nSPS) is 18.4. The van der Waals surface area contributed by atoms with E-state index in [0.29, 0.717) is 41.7 Å². The zero-order chi connectivity index (χ0) is 25.2. The molecule has 0 saturated heterocycles. The van der Waals surface area contributed by atoms with Crippen LogP contribution in [0.4, 0.5) is 5.69 Å². The fraction of sp³-hybridized carbons (Fsp3) is 0.233. The highest BCUT2D eigenvalue weighted by Crippen LogP contribution is 2.52. The first-order chi connectivity index (χ1) is 17.4. The highest BCUT2D eigenvalue weighted by Gasteiger charge is 2.64. The molecule has 0 fully saturated rings. The molecule has 2 aliphatic rings. The molecule has 36 heavy (non-hydrogen) atoms. The van der Waals surface area contributed by atoms with E-state index in [9.17, 15) is 14.4 Å². The van der Waals surface area contributed by atoms with Gasteiger partial charge in [-0.05, 0) is 44.0 Å². The van der Waals surface area contributed by atoms with Crippen molar-refractivity contribution in [2.45, 2.75) is 39.3 Å². The number of para-hydroxylation sites is 1. The molecule has 1 atom stereocenters. The largest absolute Gasteiger partial charge is 0.450 e. The summed E-state index contributed by atoms with van der Waals surface area (Å²) in [4.78, 5) is 45.7. The Balaban J connectivity index is 1.66. The van der Waals surface area contributed by atoms with Crippen molar-refractivity contribution in [3.63, 3.8) is 0 Å². The summed E-state index contributed by atoms with van der Waals surface area (Å²) >= 11 is 0. The second-order valence-electron chi connectivity index (χ2n) is 9.70. The first-order valence-corrected chi connectivity index (χ1v) is 12.2. The maximum atomic E-state index is 14.6. The lowest BCUT2D eigenvalue weighted by molar-refractivity contribution is -0.126. The topological polar surface area (TPSA) is 70.8 Å². The fourth-order valence-electron chi connectivity index (χ4n) is 5.78. The van der Waals surface area contributed by atoms with E-state index in [1.807, 2.05) is 75.4 Å². The monoisotopic (exact) mass is 478 g/mol. The van der Waals surface area contributed by atoms with E-state index >= 15 is 0 Å². The molecule has 0 aliphatic carbocycles. The minimum Gasteiger partial charge on any atom is -0.450 e. The van der Waals surface area contributed by atoms with Gasteiger partial charge < -0.3 is 14.2 Å². The van der Waals surface area contributed by atoms with Crippen LogP contribution in [0.2, 0.25) is 0 Å². The lowest BCUT2D eigenvalue weighted by Crippen LogP contribution is -2.53. The summed E-state index contributed by atoms with van der Waals surface area (Å²) in [5.41, 5.74) is 2.91. The first-order valence-electron chi connectivity index (χ1n) is 12.2. The Kier molecular flexibility index (Phi) is 4.90. The van der Waals surface area contributed by atoms with Crippen LogP contribution in [0.25, 0.3) is 11.0 Å². The van der Waals surface area contributed by atoms with E-state index < -0.39 is 11.4 Å². The molecule has 0 N–H and O–H groups in total. The summed E-state index contributed by atoms with van der Waals surface area (Å²) in [6.45, 7) is 6.51. The van der Waals surface area contributed by atoms with E-state index in [-0.39, 0.29) is 22.7 Å². The molecule has 0 saturated carbocycles. The number of benzene rings is 3. The molecule has 2 aliphatic heterocycles. The van der Waals surface area contributed by atoms with Crippen LogP contribution in [0, 0.1) is 13.8 Å². The van der Waals surface area contributed by atoms with E-state index in [2.05, 4.69) is 0 Å². The van der Waals surface area contributed by atoms with Crippen molar-refractivity contribution in [2.75, 3.05) is 11.4 Å². The first kappa shape index (κ1) is 22.3. The molecule has 1 aromatic heterocycles. The Morgan fingerprint density at radius 2 is 1.67 bits per heavy atom. The van der Waals surface area contributed by atoms with Crippen LogP contribution in [0.3, 0.4) is 0 Å². The average Bonchev–Trinajstić information content (AvgIpc) is 3.25. The van der Waals surface area contributed by atoms with Crippen molar-refractivity contribution in [2.24, 2.45) is 0 Å². The van der Waals surface area contributed by atoms with Crippen LogP contribution < -0.4 is 10.3 Å². The molecule has 4 aromatic rings. The zero-order valence-electron chi connectivity index (χ0n) is 20.5. The second-order valence-corrected chi connectivity index (χ2v) is 9.70. The van der Waals surface area contributed by atoms with E-state index in [4.69, 9.17) is 4.42 Å². The van der Waals surface area contributed by atoms with Crippen LogP contribution in [0.15, 0.2) is 75.9 Å². The summed E-state index contributed by atoms with van der Waals surface area (Å²) in [6.07, 6.45) is 0.627. The standard InChI is InChI=1S/C30H26N2O4/c1-4-14-32-28(34)27-25(26(33)21-16-19(3)12-13-24(21)36-27)30(32)22-10-5-6-11-23(22)31(29(30)35)17-20-9-7-8-18(2)15-20/h5-13,15-16H,4,14,17H2,1-3H3. The van der Waals surface area contributed by atoms with Crippen molar-refractivity contribution in [3.05, 3.63) is 111 Å². The summed E-state index contributed by atoms with van der Waals surface area (Å²) in [5.74, 6) is -0.762. The number of carbonyl (C=O) groups excluding carboxylic acids is 2. The van der Waals surface area contributed by atoms with Gasteiger partial charge >= 0.3 is 0 Å². The number of nitrogens with zero attached hydrogens (tertiary/aromatic N) is 2. The predicted molar refractivity (Wildman–Crippen MR) is 138 cm³/mol. The number of fused-ring (bicyclic) bond motifs is 5. The third-order valence-corrected chi connectivity index (χ3v) is 7.26. The smallest absolute Gasteiger partial charge is 0.291 e. The van der Waals surface area contributed by atoms with E-state index in [1.165, 1.54) is 0 Å². The van der Waals surface area contributed by atoms with Crippen LogP contribution >= 0.6 is 0 Å². The van der Waals surface area contributed by atoms with Crippen molar-refractivity contribution >= 4 is 28.5 Å². The molecule has 6 nitrogen and oxygen atoms in total. The fourth-order valence-corrected chi connectivity index (χ4v) is 5.78. The van der Waals surface area contributed by atoms with Crippen molar-refractivity contribution in [1.29, 1.82) is 0 Å². The maximum absolute atomic E-state index is 14.6. The van der Waals surface area contributed by atoms with Gasteiger partial charge in [-0.25, -0.2) is 0 Å². The van der Waals surface area contributed by atoms with Gasteiger partial charge in [0.25, 0.3) is 11.8 Å². The molecule has 0 bridgehead atoms. The zero-order valence-corrected chi connectivity index (χ0v) is 20.5. The number of hydrogen-bond donors (Lipinski definition) is 0. The Bertz CT molecular complexity index is 1640. The van der Waals surface area contributed by atoms with Crippen LogP contribution in [-0.2, 0) is 16.9 Å². The lowest BCUT2D eigenvalue weighted by Gasteiger charge is -2.34. The van der Waals surface area contributed by atoms with Gasteiger partial charge in [-0.2, -0.15) is 0 Å². The SMILES string of the molecule is CCCN1C(=O)c2oc3ccc(C)cc3c(=O)c2C12C(=O)N(Cc1cccc(C)c1)c1ccccc12. The van der Waals surface area contributed by atoms with Crippen molar-refractivity contribution < 1.29 is 14.0 Å². The van der Waals surface area contributed by atoms with Crippen LogP contribution in [0.5, 0.6) is 0 Å². The molecule has 3 aromatic carbocycles. The second kappa shape index (κ2) is 7.92. The van der Waals surface area contributed by atoms with E-state index in [0.717, 1.165) is 16.7 Å². The van der Waals surface area contributed by atoms with Gasteiger partial charge in [0, 0.05) is 12.1 Å². The minimum atomic E-state index is -1.55. The van der Waals surface area contributed by atoms with Crippen LogP contribution in [-0.4, -0.2) is 23.3 Å². The molecule has 2 amide bonds. The van der Waals surface area contributed by atoms with Gasteiger partial charge in [-0.3, -0.25) is 14.4 Å². The molecule has 1 unspecified atom stereocenters. The maximum Gasteiger partial charge on any atom is 0.291 e. The lowest BCUT2D eigenvalue weighted by atomic mass is 9.84. The molecule has 3 heterocycles. The Morgan fingerprint density at radius 1 is 0.889 bits per heavy atom. The molecule has 180 valence electrons. The Hall–Kier alpha value is -4.19. The van der Waals surface area contributed by atoms with Crippen molar-refractivity contribution in [1.82, 2.24) is 4.90 Å². The van der Waals surface area contributed by atoms with Gasteiger partial charge in [0.1, 0.15) is 5.58 Å². The summed E-state index contributed by atoms with van der Waals surface area (Å²) in [5, 5.41) is 0.377. The minimum absolute atomic E-state index is 0.0367. The molecule has 6 rings (SSSR count). The quantitative estimate of drug-likeness (QED) is 0.411. The molecular formula is C30H26N2O4. The Labute approximate surface area is 208 Å².